The Bertz CT molecular complexity index is 597. The first-order valence-corrected chi connectivity index (χ1v) is 6.56. The number of hydrogen-bond acceptors (Lipinski definition) is 2. The van der Waals surface area contributed by atoms with Gasteiger partial charge in [-0.25, -0.2) is 4.39 Å². The standard InChI is InChI=1S/C16H16FNO/c17-12-4-2-5-13(10-12)18-16-6-1-3-11-9-14(19)7-8-15(11)16/h2,4-5,7-10,16,18-19H,1,3,6H2. The van der Waals surface area contributed by atoms with E-state index in [1.807, 2.05) is 18.2 Å². The van der Waals surface area contributed by atoms with E-state index in [9.17, 15) is 9.50 Å². The lowest BCUT2D eigenvalue weighted by Gasteiger charge is -2.27. The third-order valence-corrected chi connectivity index (χ3v) is 3.61. The Labute approximate surface area is 111 Å². The molecule has 2 aromatic rings. The summed E-state index contributed by atoms with van der Waals surface area (Å²) in [6.45, 7) is 0. The molecular weight excluding hydrogens is 241 g/mol. The highest BCUT2D eigenvalue weighted by molar-refractivity contribution is 5.48. The first kappa shape index (κ1) is 12.0. The lowest BCUT2D eigenvalue weighted by atomic mass is 9.87. The predicted octanol–water partition coefficient (Wildman–Crippen LogP) is 4.02. The smallest absolute Gasteiger partial charge is 0.125 e. The average molecular weight is 257 g/mol. The van der Waals surface area contributed by atoms with E-state index in [0.29, 0.717) is 5.75 Å². The molecule has 2 aromatic carbocycles. The van der Waals surface area contributed by atoms with Crippen LogP contribution in [0.1, 0.15) is 30.0 Å². The normalized spacial score (nSPS) is 17.8. The molecule has 0 heterocycles. The Morgan fingerprint density at radius 1 is 1.16 bits per heavy atom. The minimum atomic E-state index is -0.230. The highest BCUT2D eigenvalue weighted by Crippen LogP contribution is 2.34. The van der Waals surface area contributed by atoms with E-state index in [1.54, 1.807) is 12.1 Å². The molecule has 2 nitrogen and oxygen atoms in total. The van der Waals surface area contributed by atoms with Crippen molar-refractivity contribution in [1.29, 1.82) is 0 Å². The summed E-state index contributed by atoms with van der Waals surface area (Å²) < 4.78 is 13.2. The van der Waals surface area contributed by atoms with Crippen LogP contribution in [0.25, 0.3) is 0 Å². The van der Waals surface area contributed by atoms with Gasteiger partial charge < -0.3 is 10.4 Å². The quantitative estimate of drug-likeness (QED) is 0.851. The van der Waals surface area contributed by atoms with Crippen molar-refractivity contribution in [1.82, 2.24) is 0 Å². The first-order valence-electron chi connectivity index (χ1n) is 6.56. The van der Waals surface area contributed by atoms with Crippen LogP contribution < -0.4 is 5.32 Å². The number of aromatic hydroxyl groups is 1. The molecule has 0 saturated carbocycles. The maximum atomic E-state index is 13.2. The molecule has 0 radical (unpaired) electrons. The average Bonchev–Trinajstić information content (AvgIpc) is 2.38. The fourth-order valence-electron chi connectivity index (χ4n) is 2.73. The molecule has 0 amide bonds. The Balaban J connectivity index is 1.87. The van der Waals surface area contributed by atoms with E-state index in [-0.39, 0.29) is 11.9 Å². The van der Waals surface area contributed by atoms with Gasteiger partial charge in [-0.15, -0.1) is 0 Å². The summed E-state index contributed by atoms with van der Waals surface area (Å²) in [4.78, 5) is 0. The van der Waals surface area contributed by atoms with Gasteiger partial charge in [0.1, 0.15) is 11.6 Å². The Morgan fingerprint density at radius 3 is 2.89 bits per heavy atom. The zero-order chi connectivity index (χ0) is 13.2. The summed E-state index contributed by atoms with van der Waals surface area (Å²) in [7, 11) is 0. The van der Waals surface area contributed by atoms with Crippen LogP contribution in [0.2, 0.25) is 0 Å². The number of rotatable bonds is 2. The van der Waals surface area contributed by atoms with Crippen LogP contribution >= 0.6 is 0 Å². The van der Waals surface area contributed by atoms with E-state index in [2.05, 4.69) is 5.32 Å². The first-order chi connectivity index (χ1) is 9.22. The van der Waals surface area contributed by atoms with E-state index < -0.39 is 0 Å². The van der Waals surface area contributed by atoms with Crippen LogP contribution in [-0.4, -0.2) is 5.11 Å². The number of aryl methyl sites for hydroxylation is 1. The maximum absolute atomic E-state index is 13.2. The minimum Gasteiger partial charge on any atom is -0.508 e. The van der Waals surface area contributed by atoms with Crippen molar-refractivity contribution in [3.8, 4) is 5.75 Å². The zero-order valence-electron chi connectivity index (χ0n) is 10.6. The van der Waals surface area contributed by atoms with Crippen LogP contribution in [0.4, 0.5) is 10.1 Å². The molecule has 0 spiro atoms. The summed E-state index contributed by atoms with van der Waals surface area (Å²) in [5.41, 5.74) is 3.18. The fourth-order valence-corrected chi connectivity index (χ4v) is 2.73. The van der Waals surface area contributed by atoms with Gasteiger partial charge in [0, 0.05) is 5.69 Å². The van der Waals surface area contributed by atoms with Gasteiger partial charge in [0.15, 0.2) is 0 Å². The molecule has 0 bridgehead atoms. The molecule has 19 heavy (non-hydrogen) atoms. The molecule has 1 aliphatic rings. The second-order valence-electron chi connectivity index (χ2n) is 4.98. The van der Waals surface area contributed by atoms with Crippen molar-refractivity contribution in [3.05, 3.63) is 59.4 Å². The van der Waals surface area contributed by atoms with Crippen LogP contribution in [0.5, 0.6) is 5.75 Å². The maximum Gasteiger partial charge on any atom is 0.125 e. The molecular formula is C16H16FNO. The van der Waals surface area contributed by atoms with E-state index >= 15 is 0 Å². The summed E-state index contributed by atoms with van der Waals surface area (Å²) in [5.74, 6) is 0.0805. The van der Waals surface area contributed by atoms with Crippen LogP contribution in [-0.2, 0) is 6.42 Å². The molecule has 1 aliphatic carbocycles. The fraction of sp³-hybridized carbons (Fsp3) is 0.250. The van der Waals surface area contributed by atoms with Gasteiger partial charge >= 0.3 is 0 Å². The van der Waals surface area contributed by atoms with Gasteiger partial charge in [-0.05, 0) is 60.7 Å². The molecule has 1 atom stereocenters. The van der Waals surface area contributed by atoms with Gasteiger partial charge in [-0.1, -0.05) is 12.1 Å². The number of phenolic OH excluding ortho intramolecular Hbond substituents is 1. The summed E-state index contributed by atoms with van der Waals surface area (Å²) in [6.07, 6.45) is 3.09. The van der Waals surface area contributed by atoms with E-state index in [1.165, 1.54) is 23.3 Å². The Morgan fingerprint density at radius 2 is 2.05 bits per heavy atom. The summed E-state index contributed by atoms with van der Waals surface area (Å²) in [5, 5.41) is 12.9. The third kappa shape index (κ3) is 2.55. The number of phenols is 1. The molecule has 0 saturated heterocycles. The number of anilines is 1. The van der Waals surface area contributed by atoms with Crippen LogP contribution in [0.15, 0.2) is 42.5 Å². The zero-order valence-corrected chi connectivity index (χ0v) is 10.6. The molecule has 98 valence electrons. The SMILES string of the molecule is Oc1ccc2c(c1)CCCC2Nc1cccc(F)c1. The van der Waals surface area contributed by atoms with E-state index in [4.69, 9.17) is 0 Å². The largest absolute Gasteiger partial charge is 0.508 e. The van der Waals surface area contributed by atoms with Gasteiger partial charge in [-0.3, -0.25) is 0 Å². The minimum absolute atomic E-state index is 0.186. The van der Waals surface area contributed by atoms with Crippen molar-refractivity contribution in [3.63, 3.8) is 0 Å². The third-order valence-electron chi connectivity index (χ3n) is 3.61. The Hall–Kier alpha value is -2.03. The van der Waals surface area contributed by atoms with Crippen molar-refractivity contribution in [2.45, 2.75) is 25.3 Å². The monoisotopic (exact) mass is 257 g/mol. The number of nitrogens with one attached hydrogen (secondary N) is 1. The van der Waals surface area contributed by atoms with Crippen molar-refractivity contribution < 1.29 is 9.50 Å². The Kier molecular flexibility index (Phi) is 3.11. The number of benzene rings is 2. The van der Waals surface area contributed by atoms with Crippen molar-refractivity contribution >= 4 is 5.69 Å². The van der Waals surface area contributed by atoms with Crippen LogP contribution in [0.3, 0.4) is 0 Å². The second kappa shape index (κ2) is 4.92. The molecule has 0 aliphatic heterocycles. The summed E-state index contributed by atoms with van der Waals surface area (Å²) in [6, 6.07) is 12.2. The van der Waals surface area contributed by atoms with Crippen molar-refractivity contribution in [2.75, 3.05) is 5.32 Å². The molecule has 3 heteroatoms. The number of hydrogen-bond donors (Lipinski definition) is 2. The van der Waals surface area contributed by atoms with Gasteiger partial charge in [0.2, 0.25) is 0 Å². The molecule has 0 fully saturated rings. The molecule has 2 N–H and O–H groups in total. The molecule has 0 aromatic heterocycles. The van der Waals surface area contributed by atoms with Crippen molar-refractivity contribution in [2.24, 2.45) is 0 Å². The lowest BCUT2D eigenvalue weighted by molar-refractivity contribution is 0.472. The van der Waals surface area contributed by atoms with Gasteiger partial charge in [0.05, 0.1) is 6.04 Å². The second-order valence-corrected chi connectivity index (χ2v) is 4.98. The molecule has 3 rings (SSSR count). The highest BCUT2D eigenvalue weighted by atomic mass is 19.1. The molecule has 1 unspecified atom stereocenters. The topological polar surface area (TPSA) is 32.3 Å². The predicted molar refractivity (Wildman–Crippen MR) is 73.8 cm³/mol. The van der Waals surface area contributed by atoms with Gasteiger partial charge in [0.25, 0.3) is 0 Å². The van der Waals surface area contributed by atoms with Crippen LogP contribution in [0, 0.1) is 5.82 Å². The van der Waals surface area contributed by atoms with E-state index in [0.717, 1.165) is 24.9 Å². The highest BCUT2D eigenvalue weighted by Gasteiger charge is 2.20. The number of fused-ring (bicyclic) bond motifs is 1. The lowest BCUT2D eigenvalue weighted by Crippen LogP contribution is -2.17. The number of halogens is 1. The van der Waals surface area contributed by atoms with Gasteiger partial charge in [-0.2, -0.15) is 0 Å². The summed E-state index contributed by atoms with van der Waals surface area (Å²) >= 11 is 0.